The van der Waals surface area contributed by atoms with Gasteiger partial charge in [-0.3, -0.25) is 14.9 Å². The molecule has 2 amide bonds. The molecular weight excluding hydrogens is 409 g/mol. The Labute approximate surface area is 178 Å². The zero-order valence-electron chi connectivity index (χ0n) is 16.6. The molecule has 0 fully saturated rings. The summed E-state index contributed by atoms with van der Waals surface area (Å²) in [4.78, 5) is 25.5. The lowest BCUT2D eigenvalue weighted by Gasteiger charge is -2.33. The van der Waals surface area contributed by atoms with Crippen molar-refractivity contribution in [3.63, 3.8) is 0 Å². The third-order valence-corrected chi connectivity index (χ3v) is 6.67. The molecule has 3 rings (SSSR count). The van der Waals surface area contributed by atoms with E-state index in [1.807, 2.05) is 0 Å². The zero-order valence-corrected chi connectivity index (χ0v) is 18.2. The van der Waals surface area contributed by atoms with Crippen molar-refractivity contribution < 1.29 is 14.0 Å². The molecule has 0 radical (unpaired) electrons. The van der Waals surface area contributed by atoms with Gasteiger partial charge in [0.15, 0.2) is 5.11 Å². The predicted octanol–water partition coefficient (Wildman–Crippen LogP) is 4.26. The van der Waals surface area contributed by atoms with Crippen LogP contribution in [0.25, 0.3) is 0 Å². The number of hydrogen-bond donors (Lipinski definition) is 3. The van der Waals surface area contributed by atoms with E-state index in [4.69, 9.17) is 18.0 Å². The molecule has 8 heteroatoms. The fourth-order valence-electron chi connectivity index (χ4n) is 3.58. The molecule has 5 nitrogen and oxygen atoms in total. The molecule has 0 bridgehead atoms. The summed E-state index contributed by atoms with van der Waals surface area (Å²) < 4.78 is 13.0. The van der Waals surface area contributed by atoms with Crippen molar-refractivity contribution in [3.05, 3.63) is 51.7 Å². The van der Waals surface area contributed by atoms with Gasteiger partial charge in [0.2, 0.25) is 0 Å². The molecule has 1 atom stereocenters. The number of nitrogens with one attached hydrogen (secondary N) is 2. The number of halogens is 1. The van der Waals surface area contributed by atoms with Crippen LogP contribution in [-0.2, 0) is 12.8 Å². The number of hydrogen-bond acceptors (Lipinski definition) is 4. The van der Waals surface area contributed by atoms with Gasteiger partial charge in [-0.2, -0.15) is 0 Å². The number of anilines is 1. The molecule has 1 aliphatic carbocycles. The number of nitrogens with two attached hydrogens (primary N) is 1. The Balaban J connectivity index is 1.77. The van der Waals surface area contributed by atoms with Gasteiger partial charge in [0, 0.05) is 10.4 Å². The van der Waals surface area contributed by atoms with E-state index >= 15 is 0 Å². The minimum atomic E-state index is -0.508. The van der Waals surface area contributed by atoms with Gasteiger partial charge < -0.3 is 11.1 Å². The minimum absolute atomic E-state index is 0.0628. The van der Waals surface area contributed by atoms with Crippen molar-refractivity contribution in [1.82, 2.24) is 5.32 Å². The second-order valence-corrected chi connectivity index (χ2v) is 9.81. The van der Waals surface area contributed by atoms with Crippen LogP contribution in [0.5, 0.6) is 0 Å². The maximum absolute atomic E-state index is 13.0. The Kier molecular flexibility index (Phi) is 6.05. The molecule has 1 aromatic heterocycles. The average molecular weight is 434 g/mol. The summed E-state index contributed by atoms with van der Waals surface area (Å²) >= 11 is 6.71. The van der Waals surface area contributed by atoms with E-state index in [1.165, 1.54) is 35.6 Å². The van der Waals surface area contributed by atoms with E-state index in [0.717, 1.165) is 29.7 Å². The highest BCUT2D eigenvalue weighted by atomic mass is 32.1. The van der Waals surface area contributed by atoms with Crippen LogP contribution in [0.2, 0.25) is 0 Å². The molecule has 0 saturated heterocycles. The molecule has 0 aliphatic heterocycles. The Morgan fingerprint density at radius 1 is 1.24 bits per heavy atom. The predicted molar refractivity (Wildman–Crippen MR) is 118 cm³/mol. The van der Waals surface area contributed by atoms with Crippen LogP contribution in [-0.4, -0.2) is 16.9 Å². The smallest absolute Gasteiger partial charge is 0.257 e. The molecule has 1 heterocycles. The van der Waals surface area contributed by atoms with Crippen LogP contribution >= 0.6 is 23.6 Å². The Hall–Kier alpha value is -2.32. The van der Waals surface area contributed by atoms with Crippen LogP contribution in [0.15, 0.2) is 24.3 Å². The summed E-state index contributed by atoms with van der Waals surface area (Å²) in [5, 5.41) is 6.13. The Morgan fingerprint density at radius 2 is 1.90 bits per heavy atom. The first-order valence-electron chi connectivity index (χ1n) is 9.38. The first-order chi connectivity index (χ1) is 13.6. The molecule has 1 aliphatic rings. The molecule has 0 spiro atoms. The van der Waals surface area contributed by atoms with E-state index < -0.39 is 17.6 Å². The van der Waals surface area contributed by atoms with Crippen molar-refractivity contribution in [2.24, 2.45) is 17.1 Å². The standard InChI is InChI=1S/C21H24FN3O2S2/c1-21(2,3)12-6-9-14-15(10-12)29-19(16(14)17(23)26)25-20(28)24-18(27)11-4-7-13(22)8-5-11/h4-5,7-8,12H,6,9-10H2,1-3H3,(H2,23,26)(H2,24,25,27,28). The van der Waals surface area contributed by atoms with E-state index in [0.29, 0.717) is 16.5 Å². The third-order valence-electron chi connectivity index (χ3n) is 5.30. The summed E-state index contributed by atoms with van der Waals surface area (Å²) in [6.45, 7) is 6.68. The van der Waals surface area contributed by atoms with Gasteiger partial charge in [-0.1, -0.05) is 20.8 Å². The number of carbonyl (C=O) groups excluding carboxylic acids is 2. The summed E-state index contributed by atoms with van der Waals surface area (Å²) in [6.07, 6.45) is 2.68. The van der Waals surface area contributed by atoms with Crippen LogP contribution < -0.4 is 16.4 Å². The summed E-state index contributed by atoms with van der Waals surface area (Å²) in [5.74, 6) is -0.873. The van der Waals surface area contributed by atoms with Gasteiger partial charge in [0.1, 0.15) is 10.8 Å². The van der Waals surface area contributed by atoms with E-state index in [2.05, 4.69) is 31.4 Å². The number of carbonyl (C=O) groups is 2. The van der Waals surface area contributed by atoms with Crippen LogP contribution in [0.4, 0.5) is 9.39 Å². The molecule has 1 unspecified atom stereocenters. The maximum atomic E-state index is 13.0. The molecule has 2 aromatic rings. The first-order valence-corrected chi connectivity index (χ1v) is 10.6. The second kappa shape index (κ2) is 8.20. The highest BCUT2D eigenvalue weighted by molar-refractivity contribution is 7.80. The monoisotopic (exact) mass is 433 g/mol. The van der Waals surface area contributed by atoms with Crippen LogP contribution in [0.1, 0.15) is 58.3 Å². The molecular formula is C21H24FN3O2S2. The molecule has 1 aromatic carbocycles. The van der Waals surface area contributed by atoms with Gasteiger partial charge in [0.05, 0.1) is 5.56 Å². The average Bonchev–Trinajstić information content (AvgIpc) is 2.98. The van der Waals surface area contributed by atoms with E-state index in [-0.39, 0.29) is 16.1 Å². The van der Waals surface area contributed by atoms with Crippen molar-refractivity contribution in [3.8, 4) is 0 Å². The lowest BCUT2D eigenvalue weighted by Crippen LogP contribution is -2.34. The summed E-state index contributed by atoms with van der Waals surface area (Å²) in [5.41, 5.74) is 7.55. The topological polar surface area (TPSA) is 84.2 Å². The first kappa shape index (κ1) is 21.4. The minimum Gasteiger partial charge on any atom is -0.365 e. The Bertz CT molecular complexity index is 962. The van der Waals surface area contributed by atoms with Gasteiger partial charge >= 0.3 is 0 Å². The number of primary amides is 1. The van der Waals surface area contributed by atoms with Gasteiger partial charge in [-0.05, 0) is 72.6 Å². The number of amides is 2. The lowest BCUT2D eigenvalue weighted by molar-refractivity contribution is 0.0975. The van der Waals surface area contributed by atoms with E-state index in [9.17, 15) is 14.0 Å². The summed E-state index contributed by atoms with van der Waals surface area (Å²) in [6, 6.07) is 5.16. The molecule has 29 heavy (non-hydrogen) atoms. The number of thiocarbonyl (C=S) groups is 1. The fraction of sp³-hybridized carbons (Fsp3) is 0.381. The Morgan fingerprint density at radius 3 is 2.48 bits per heavy atom. The third kappa shape index (κ3) is 4.82. The fourth-order valence-corrected chi connectivity index (χ4v) is 5.18. The highest BCUT2D eigenvalue weighted by Gasteiger charge is 2.33. The number of rotatable bonds is 3. The van der Waals surface area contributed by atoms with Gasteiger partial charge in [-0.25, -0.2) is 4.39 Å². The quantitative estimate of drug-likeness (QED) is 0.632. The van der Waals surface area contributed by atoms with Crippen LogP contribution in [0.3, 0.4) is 0 Å². The molecule has 4 N–H and O–H groups in total. The van der Waals surface area contributed by atoms with Gasteiger partial charge in [-0.15, -0.1) is 11.3 Å². The molecule has 154 valence electrons. The molecule has 0 saturated carbocycles. The normalized spacial score (nSPS) is 16.1. The van der Waals surface area contributed by atoms with Gasteiger partial charge in [0.25, 0.3) is 11.8 Å². The SMILES string of the molecule is CC(C)(C)C1CCc2c(sc(NC(=S)NC(=O)c3ccc(F)cc3)c2C(N)=O)C1. The lowest BCUT2D eigenvalue weighted by atomic mass is 9.72. The van der Waals surface area contributed by atoms with Crippen molar-refractivity contribution in [2.45, 2.75) is 40.0 Å². The largest absolute Gasteiger partial charge is 0.365 e. The highest BCUT2D eigenvalue weighted by Crippen LogP contribution is 2.44. The maximum Gasteiger partial charge on any atom is 0.257 e. The van der Waals surface area contributed by atoms with Crippen molar-refractivity contribution in [2.75, 3.05) is 5.32 Å². The number of benzene rings is 1. The summed E-state index contributed by atoms with van der Waals surface area (Å²) in [7, 11) is 0. The van der Waals surface area contributed by atoms with E-state index in [1.54, 1.807) is 0 Å². The number of thiophene rings is 1. The number of fused-ring (bicyclic) bond motifs is 1. The van der Waals surface area contributed by atoms with Crippen LogP contribution in [0, 0.1) is 17.2 Å². The van der Waals surface area contributed by atoms with Crippen molar-refractivity contribution in [1.29, 1.82) is 0 Å². The van der Waals surface area contributed by atoms with Crippen molar-refractivity contribution >= 4 is 45.5 Å². The zero-order chi connectivity index (χ0) is 21.3. The second-order valence-electron chi connectivity index (χ2n) is 8.29.